The van der Waals surface area contributed by atoms with Gasteiger partial charge in [0.05, 0.1) is 23.4 Å². The van der Waals surface area contributed by atoms with Gasteiger partial charge in [0.1, 0.15) is 4.88 Å². The van der Waals surface area contributed by atoms with Gasteiger partial charge in [-0.3, -0.25) is 14.9 Å². The molecule has 0 saturated heterocycles. The molecule has 0 spiro atoms. The average molecular weight is 376 g/mol. The molecule has 0 aliphatic rings. The van der Waals surface area contributed by atoms with Crippen molar-refractivity contribution in [3.05, 3.63) is 65.2 Å². The van der Waals surface area contributed by atoms with Crippen LogP contribution in [0.25, 0.3) is 31.4 Å². The summed E-state index contributed by atoms with van der Waals surface area (Å²) in [6.07, 6.45) is 3.35. The van der Waals surface area contributed by atoms with Crippen LogP contribution in [-0.2, 0) is 0 Å². The first-order chi connectivity index (χ1) is 12.8. The summed E-state index contributed by atoms with van der Waals surface area (Å²) >= 11 is 3.05. The molecular weight excluding hydrogens is 364 g/mol. The standard InChI is InChI=1S/C19H12N4OS2/c24-19(17-9-20-10-25-17)22-13-5-12-8-21-23-18(12)14(7-13)16-6-11-3-1-2-4-15(11)26-16/h1-10H,(H,21,23)(H,22,24). The zero-order chi connectivity index (χ0) is 17.5. The molecule has 2 aromatic carbocycles. The highest BCUT2D eigenvalue weighted by Crippen LogP contribution is 2.38. The zero-order valence-electron chi connectivity index (χ0n) is 13.4. The number of fused-ring (bicyclic) bond motifs is 2. The predicted octanol–water partition coefficient (Wildman–Crippen LogP) is 5.15. The van der Waals surface area contributed by atoms with E-state index < -0.39 is 0 Å². The second kappa shape index (κ2) is 6.05. The summed E-state index contributed by atoms with van der Waals surface area (Å²) in [6, 6.07) is 14.4. The molecule has 0 radical (unpaired) electrons. The molecule has 26 heavy (non-hydrogen) atoms. The summed E-state index contributed by atoms with van der Waals surface area (Å²) in [4.78, 5) is 18.1. The Morgan fingerprint density at radius 1 is 1.08 bits per heavy atom. The molecule has 0 fully saturated rings. The van der Waals surface area contributed by atoms with Gasteiger partial charge in [0.25, 0.3) is 5.91 Å². The number of carbonyl (C=O) groups is 1. The van der Waals surface area contributed by atoms with Gasteiger partial charge >= 0.3 is 0 Å². The van der Waals surface area contributed by atoms with Gasteiger partial charge in [0.2, 0.25) is 0 Å². The number of H-pyrrole nitrogens is 1. The lowest BCUT2D eigenvalue weighted by atomic mass is 10.1. The summed E-state index contributed by atoms with van der Waals surface area (Å²) in [5.41, 5.74) is 4.38. The van der Waals surface area contributed by atoms with Crippen molar-refractivity contribution in [2.75, 3.05) is 5.32 Å². The molecule has 0 unspecified atom stereocenters. The van der Waals surface area contributed by atoms with Gasteiger partial charge in [-0.15, -0.1) is 22.7 Å². The van der Waals surface area contributed by atoms with Crippen LogP contribution in [0.2, 0.25) is 0 Å². The van der Waals surface area contributed by atoms with Gasteiger partial charge in [-0.2, -0.15) is 5.10 Å². The molecule has 3 heterocycles. The minimum absolute atomic E-state index is 0.155. The molecule has 0 aliphatic heterocycles. The fourth-order valence-corrected chi connectivity index (χ4v) is 4.56. The van der Waals surface area contributed by atoms with Gasteiger partial charge in [-0.05, 0) is 29.7 Å². The molecule has 2 N–H and O–H groups in total. The monoisotopic (exact) mass is 376 g/mol. The zero-order valence-corrected chi connectivity index (χ0v) is 15.0. The Morgan fingerprint density at radius 3 is 2.85 bits per heavy atom. The average Bonchev–Trinajstić information content (AvgIpc) is 3.39. The highest BCUT2D eigenvalue weighted by Gasteiger charge is 2.14. The van der Waals surface area contributed by atoms with E-state index >= 15 is 0 Å². The van der Waals surface area contributed by atoms with E-state index in [0.29, 0.717) is 4.88 Å². The maximum absolute atomic E-state index is 12.4. The Hall–Kier alpha value is -3.03. The molecule has 5 rings (SSSR count). The van der Waals surface area contributed by atoms with Gasteiger partial charge in [-0.1, -0.05) is 18.2 Å². The first-order valence-electron chi connectivity index (χ1n) is 7.94. The maximum atomic E-state index is 12.4. The number of anilines is 1. The molecule has 0 aliphatic carbocycles. The number of hydrogen-bond acceptors (Lipinski definition) is 5. The van der Waals surface area contributed by atoms with Crippen LogP contribution in [-0.4, -0.2) is 21.1 Å². The molecule has 0 bridgehead atoms. The number of thiazole rings is 1. The lowest BCUT2D eigenvalue weighted by Crippen LogP contribution is -2.10. The smallest absolute Gasteiger partial charge is 0.267 e. The van der Waals surface area contributed by atoms with Crippen molar-refractivity contribution in [3.63, 3.8) is 0 Å². The molecule has 5 nitrogen and oxygen atoms in total. The van der Waals surface area contributed by atoms with Crippen molar-refractivity contribution < 1.29 is 4.79 Å². The summed E-state index contributed by atoms with van der Waals surface area (Å²) in [7, 11) is 0. The maximum Gasteiger partial charge on any atom is 0.267 e. The summed E-state index contributed by atoms with van der Waals surface area (Å²) in [6.45, 7) is 0. The van der Waals surface area contributed by atoms with E-state index in [1.807, 2.05) is 24.3 Å². The number of rotatable bonds is 3. The Bertz CT molecular complexity index is 1200. The number of carbonyl (C=O) groups excluding carboxylic acids is 1. The number of thiophene rings is 1. The molecule has 1 amide bonds. The number of nitrogens with zero attached hydrogens (tertiary/aromatic N) is 2. The molecule has 0 atom stereocenters. The molecule has 5 aromatic rings. The lowest BCUT2D eigenvalue weighted by Gasteiger charge is -2.07. The number of nitrogens with one attached hydrogen (secondary N) is 2. The summed E-state index contributed by atoms with van der Waals surface area (Å²) in [5.74, 6) is -0.155. The summed E-state index contributed by atoms with van der Waals surface area (Å²) in [5, 5.41) is 12.4. The van der Waals surface area contributed by atoms with Gasteiger partial charge in [0.15, 0.2) is 0 Å². The molecule has 7 heteroatoms. The van der Waals surface area contributed by atoms with Crippen molar-refractivity contribution in [2.24, 2.45) is 0 Å². The van der Waals surface area contributed by atoms with Gasteiger partial charge in [0, 0.05) is 26.2 Å². The van der Waals surface area contributed by atoms with Crippen LogP contribution in [0.3, 0.4) is 0 Å². The largest absolute Gasteiger partial charge is 0.321 e. The number of amides is 1. The van der Waals surface area contributed by atoms with Crippen LogP contribution in [0, 0.1) is 0 Å². The van der Waals surface area contributed by atoms with Crippen molar-refractivity contribution >= 4 is 55.3 Å². The minimum atomic E-state index is -0.155. The number of aromatic amines is 1. The molecule has 3 aromatic heterocycles. The number of hydrogen-bond donors (Lipinski definition) is 2. The third-order valence-corrected chi connectivity index (χ3v) is 6.08. The van der Waals surface area contributed by atoms with Gasteiger partial charge in [-0.25, -0.2) is 0 Å². The van der Waals surface area contributed by atoms with E-state index in [2.05, 4.69) is 38.7 Å². The minimum Gasteiger partial charge on any atom is -0.321 e. The van der Waals surface area contributed by atoms with Crippen LogP contribution in [0.5, 0.6) is 0 Å². The third kappa shape index (κ3) is 2.58. The van der Waals surface area contributed by atoms with E-state index in [1.54, 1.807) is 29.2 Å². The molecule has 0 saturated carbocycles. The SMILES string of the molecule is O=C(Nc1cc(-c2cc3ccccc3s2)c2[nH]ncc2c1)c1cncs1. The molecule has 126 valence electrons. The van der Waals surface area contributed by atoms with Crippen molar-refractivity contribution in [3.8, 4) is 10.4 Å². The predicted molar refractivity (Wildman–Crippen MR) is 107 cm³/mol. The van der Waals surface area contributed by atoms with E-state index in [9.17, 15) is 4.79 Å². The van der Waals surface area contributed by atoms with Gasteiger partial charge < -0.3 is 5.32 Å². The van der Waals surface area contributed by atoms with Crippen LogP contribution in [0.1, 0.15) is 9.67 Å². The lowest BCUT2D eigenvalue weighted by molar-refractivity contribution is 0.103. The van der Waals surface area contributed by atoms with Crippen LogP contribution in [0.15, 0.2) is 60.4 Å². The van der Waals surface area contributed by atoms with Crippen molar-refractivity contribution in [1.82, 2.24) is 15.2 Å². The Balaban J connectivity index is 1.62. The first-order valence-corrected chi connectivity index (χ1v) is 9.63. The van der Waals surface area contributed by atoms with E-state index in [4.69, 9.17) is 0 Å². The third-order valence-electron chi connectivity index (χ3n) is 4.15. The van der Waals surface area contributed by atoms with E-state index in [-0.39, 0.29) is 5.91 Å². The van der Waals surface area contributed by atoms with Crippen molar-refractivity contribution in [1.29, 1.82) is 0 Å². The number of benzene rings is 2. The van der Waals surface area contributed by atoms with E-state index in [1.165, 1.54) is 21.4 Å². The number of aromatic nitrogens is 3. The Kier molecular flexibility index (Phi) is 3.55. The highest BCUT2D eigenvalue weighted by molar-refractivity contribution is 7.22. The highest BCUT2D eigenvalue weighted by atomic mass is 32.1. The quantitative estimate of drug-likeness (QED) is 0.457. The second-order valence-electron chi connectivity index (χ2n) is 5.83. The fraction of sp³-hybridized carbons (Fsp3) is 0. The second-order valence-corrected chi connectivity index (χ2v) is 7.80. The molecular formula is C19H12N4OS2. The topological polar surface area (TPSA) is 70.7 Å². The van der Waals surface area contributed by atoms with Crippen molar-refractivity contribution in [2.45, 2.75) is 0 Å². The normalized spacial score (nSPS) is 11.2. The van der Waals surface area contributed by atoms with Crippen LogP contribution < -0.4 is 5.32 Å². The van der Waals surface area contributed by atoms with Crippen LogP contribution >= 0.6 is 22.7 Å². The Morgan fingerprint density at radius 2 is 2.00 bits per heavy atom. The van der Waals surface area contributed by atoms with Crippen LogP contribution in [0.4, 0.5) is 5.69 Å². The first kappa shape index (κ1) is 15.2. The van der Waals surface area contributed by atoms with E-state index in [0.717, 1.165) is 27.0 Å². The Labute approximate surface area is 156 Å². The fourth-order valence-electron chi connectivity index (χ4n) is 2.96. The summed E-state index contributed by atoms with van der Waals surface area (Å²) < 4.78 is 1.23.